The van der Waals surface area contributed by atoms with Gasteiger partial charge in [0.1, 0.15) is 12.3 Å². The van der Waals surface area contributed by atoms with Gasteiger partial charge in [-0.15, -0.1) is 0 Å². The minimum absolute atomic E-state index is 0.116. The van der Waals surface area contributed by atoms with E-state index >= 15 is 0 Å². The number of amidine groups is 2. The van der Waals surface area contributed by atoms with Crippen molar-refractivity contribution in [1.82, 2.24) is 21.6 Å². The first kappa shape index (κ1) is 9.34. The average Bonchev–Trinajstić information content (AvgIpc) is 2.27. The monoisotopic (exact) mass is 200 g/mol. The van der Waals surface area contributed by atoms with Gasteiger partial charge in [-0.25, -0.2) is 20.9 Å². The van der Waals surface area contributed by atoms with Crippen LogP contribution in [0.4, 0.5) is 0 Å². The highest BCUT2D eigenvalue weighted by atomic mass is 16.5. The molecule has 0 aliphatic carbocycles. The lowest BCUT2D eigenvalue weighted by atomic mass is 10.2. The van der Waals surface area contributed by atoms with Crippen LogP contribution in [-0.4, -0.2) is 47.5 Å². The molecule has 14 heavy (non-hydrogen) atoms. The van der Waals surface area contributed by atoms with E-state index in [1.807, 2.05) is 11.0 Å². The normalized spacial score (nSPS) is 31.3. The summed E-state index contributed by atoms with van der Waals surface area (Å²) in [7, 11) is 0. The highest BCUT2D eigenvalue weighted by molar-refractivity contribution is 6.40. The molecule has 0 aromatic rings. The molecule has 2 heterocycles. The predicted octanol–water partition coefficient (Wildman–Crippen LogP) is -2.40. The van der Waals surface area contributed by atoms with E-state index in [-0.39, 0.29) is 24.0 Å². The molecule has 0 aromatic carbocycles. The summed E-state index contributed by atoms with van der Waals surface area (Å²) in [6.45, 7) is 1.58. The number of piperazine rings is 1. The molecular weight excluding hydrogens is 188 g/mol. The fourth-order valence-corrected chi connectivity index (χ4v) is 1.46. The Hall–Kier alpha value is -1.22. The van der Waals surface area contributed by atoms with Gasteiger partial charge in [-0.05, 0) is 0 Å². The highest BCUT2D eigenvalue weighted by Crippen LogP contribution is 2.06. The molecule has 0 bridgehead atoms. The molecule has 8 nitrogen and oxygen atoms in total. The van der Waals surface area contributed by atoms with Gasteiger partial charge in [-0.2, -0.15) is 0 Å². The summed E-state index contributed by atoms with van der Waals surface area (Å²) in [5, 5.41) is 23.7. The molecule has 6 N–H and O–H groups in total. The van der Waals surface area contributed by atoms with Gasteiger partial charge >= 0.3 is 0 Å². The van der Waals surface area contributed by atoms with Crippen molar-refractivity contribution in [2.75, 3.05) is 13.1 Å². The largest absolute Gasteiger partial charge is 0.291 e. The lowest BCUT2D eigenvalue weighted by Crippen LogP contribution is -2.58. The van der Waals surface area contributed by atoms with Gasteiger partial charge in [0.25, 0.3) is 0 Å². The standard InChI is InChI=1S/C6H12N6O2/c13-11-5-6(12-14)10-4-3(9-5)7-1-2-8-4/h3-4,7-8,13-14H,1-2H2,(H,9,11)(H,10,12)/t3-,4+. The van der Waals surface area contributed by atoms with E-state index in [1.54, 1.807) is 0 Å². The fourth-order valence-electron chi connectivity index (χ4n) is 1.46. The Labute approximate surface area is 80.0 Å². The molecular formula is C6H12N6O2. The summed E-state index contributed by atoms with van der Waals surface area (Å²) in [5.74, 6) is 0.231. The van der Waals surface area contributed by atoms with Crippen LogP contribution in [0.1, 0.15) is 0 Å². The molecule has 78 valence electrons. The van der Waals surface area contributed by atoms with Crippen molar-refractivity contribution in [3.05, 3.63) is 0 Å². The fraction of sp³-hybridized carbons (Fsp3) is 0.667. The smallest absolute Gasteiger partial charge is 0.191 e. The number of aliphatic imine (C=N–C) groups is 2. The molecule has 1 fully saturated rings. The van der Waals surface area contributed by atoms with Crippen LogP contribution in [0.25, 0.3) is 0 Å². The van der Waals surface area contributed by atoms with Crippen LogP contribution in [0, 0.1) is 0 Å². The molecule has 0 saturated carbocycles. The lowest BCUT2D eigenvalue weighted by molar-refractivity contribution is 0.216. The third-order valence-corrected chi connectivity index (χ3v) is 2.10. The quantitative estimate of drug-likeness (QED) is 0.243. The van der Waals surface area contributed by atoms with Gasteiger partial charge in [0.05, 0.1) is 0 Å². The van der Waals surface area contributed by atoms with E-state index in [0.29, 0.717) is 0 Å². The highest BCUT2D eigenvalue weighted by Gasteiger charge is 2.29. The molecule has 1 saturated heterocycles. The van der Waals surface area contributed by atoms with Crippen LogP contribution in [0.3, 0.4) is 0 Å². The molecule has 0 radical (unpaired) electrons. The van der Waals surface area contributed by atoms with Crippen molar-refractivity contribution in [1.29, 1.82) is 0 Å². The van der Waals surface area contributed by atoms with E-state index < -0.39 is 0 Å². The zero-order chi connectivity index (χ0) is 9.97. The summed E-state index contributed by atoms with van der Waals surface area (Å²) in [6.07, 6.45) is -0.425. The Morgan fingerprint density at radius 3 is 1.79 bits per heavy atom. The van der Waals surface area contributed by atoms with E-state index in [2.05, 4.69) is 20.6 Å². The van der Waals surface area contributed by atoms with Gasteiger partial charge in [-0.3, -0.25) is 21.0 Å². The first-order valence-electron chi connectivity index (χ1n) is 4.28. The van der Waals surface area contributed by atoms with E-state index in [9.17, 15) is 0 Å². The van der Waals surface area contributed by atoms with Crippen molar-refractivity contribution in [3.63, 3.8) is 0 Å². The molecule has 0 aromatic heterocycles. The number of hydrogen-bond donors (Lipinski definition) is 6. The summed E-state index contributed by atoms with van der Waals surface area (Å²) in [4.78, 5) is 8.21. The summed E-state index contributed by atoms with van der Waals surface area (Å²) in [5.41, 5.74) is 3.73. The predicted molar refractivity (Wildman–Crippen MR) is 48.3 cm³/mol. The summed E-state index contributed by atoms with van der Waals surface area (Å²) < 4.78 is 0. The van der Waals surface area contributed by atoms with Gasteiger partial charge in [0.15, 0.2) is 11.7 Å². The van der Waals surface area contributed by atoms with E-state index in [4.69, 9.17) is 10.4 Å². The second kappa shape index (κ2) is 3.88. The van der Waals surface area contributed by atoms with Crippen molar-refractivity contribution in [2.24, 2.45) is 9.98 Å². The number of nitrogens with one attached hydrogen (secondary N) is 4. The van der Waals surface area contributed by atoms with Crippen LogP contribution < -0.4 is 21.6 Å². The second-order valence-electron chi connectivity index (χ2n) is 2.98. The Morgan fingerprint density at radius 1 is 1.00 bits per heavy atom. The third-order valence-electron chi connectivity index (χ3n) is 2.10. The van der Waals surface area contributed by atoms with Gasteiger partial charge in [0.2, 0.25) is 0 Å². The van der Waals surface area contributed by atoms with Gasteiger partial charge in [0, 0.05) is 13.1 Å². The Kier molecular flexibility index (Phi) is 2.59. The van der Waals surface area contributed by atoms with E-state index in [1.165, 1.54) is 0 Å². The molecule has 0 spiro atoms. The van der Waals surface area contributed by atoms with Crippen LogP contribution >= 0.6 is 0 Å². The van der Waals surface area contributed by atoms with E-state index in [0.717, 1.165) is 13.1 Å². The number of rotatable bonds is 0. The van der Waals surface area contributed by atoms with Crippen LogP contribution in [0.2, 0.25) is 0 Å². The number of fused-ring (bicyclic) bond motifs is 1. The third kappa shape index (κ3) is 1.55. The van der Waals surface area contributed by atoms with Crippen molar-refractivity contribution >= 4 is 11.7 Å². The zero-order valence-corrected chi connectivity index (χ0v) is 7.36. The maximum Gasteiger partial charge on any atom is 0.191 e. The maximum atomic E-state index is 8.72. The number of hydrogen-bond acceptors (Lipinski definition) is 8. The molecule has 2 atom stereocenters. The average molecular weight is 200 g/mol. The first-order chi connectivity index (χ1) is 6.85. The first-order valence-corrected chi connectivity index (χ1v) is 4.28. The van der Waals surface area contributed by atoms with Crippen molar-refractivity contribution in [2.45, 2.75) is 12.3 Å². The Morgan fingerprint density at radius 2 is 1.43 bits per heavy atom. The van der Waals surface area contributed by atoms with Crippen LogP contribution in [-0.2, 0) is 0 Å². The van der Waals surface area contributed by atoms with Crippen LogP contribution in [0.5, 0.6) is 0 Å². The molecule has 8 heteroatoms. The van der Waals surface area contributed by atoms with Gasteiger partial charge in [-0.1, -0.05) is 0 Å². The summed E-state index contributed by atoms with van der Waals surface area (Å²) in [6, 6.07) is 0. The number of nitrogens with zero attached hydrogens (tertiary/aromatic N) is 2. The Bertz CT molecular complexity index is 249. The SMILES string of the molecule is ONC1=N[C@@H]2NCCN[C@@H]2N=C1NO. The second-order valence-corrected chi connectivity index (χ2v) is 2.98. The summed E-state index contributed by atoms with van der Waals surface area (Å²) >= 11 is 0. The van der Waals surface area contributed by atoms with Crippen LogP contribution in [0.15, 0.2) is 9.98 Å². The maximum absolute atomic E-state index is 8.72. The van der Waals surface area contributed by atoms with Gasteiger partial charge < -0.3 is 0 Å². The minimum atomic E-state index is -0.213. The molecule has 2 aliphatic rings. The number of hydroxylamine groups is 2. The Balaban J connectivity index is 2.19. The molecule has 0 unspecified atom stereocenters. The lowest BCUT2D eigenvalue weighted by Gasteiger charge is -2.31. The zero-order valence-electron chi connectivity index (χ0n) is 7.36. The molecule has 0 amide bonds. The minimum Gasteiger partial charge on any atom is -0.291 e. The van der Waals surface area contributed by atoms with Crippen molar-refractivity contribution < 1.29 is 10.4 Å². The molecule has 2 rings (SSSR count). The molecule has 2 aliphatic heterocycles. The topological polar surface area (TPSA) is 113 Å². The van der Waals surface area contributed by atoms with Crippen molar-refractivity contribution in [3.8, 4) is 0 Å².